The largest absolute Gasteiger partial charge is 0.295 e. The van der Waals surface area contributed by atoms with Crippen molar-refractivity contribution in [2.45, 2.75) is 52.4 Å². The van der Waals surface area contributed by atoms with Crippen LogP contribution in [0.3, 0.4) is 0 Å². The van der Waals surface area contributed by atoms with Crippen LogP contribution in [0.25, 0.3) is 27.3 Å². The standard InChI is InChI=1S/C23H24N2/c1-13-9-7-10-15-16-11-8-12-17-19(16)25-20(23(5,6)22(17,3)4)14(2)24-21(25)18(13)15/h7-12H,1-6H3. The van der Waals surface area contributed by atoms with E-state index in [0.29, 0.717) is 0 Å². The first-order valence-corrected chi connectivity index (χ1v) is 9.11. The van der Waals surface area contributed by atoms with Gasteiger partial charge in [-0.2, -0.15) is 0 Å². The van der Waals surface area contributed by atoms with E-state index in [1.807, 2.05) is 0 Å². The number of benzene rings is 2. The molecule has 3 heterocycles. The van der Waals surface area contributed by atoms with Gasteiger partial charge in [0, 0.05) is 21.6 Å². The lowest BCUT2D eigenvalue weighted by Crippen LogP contribution is -2.44. The zero-order valence-electron chi connectivity index (χ0n) is 15.9. The fourth-order valence-electron chi connectivity index (χ4n) is 4.97. The monoisotopic (exact) mass is 328 g/mol. The van der Waals surface area contributed by atoms with Gasteiger partial charge < -0.3 is 0 Å². The summed E-state index contributed by atoms with van der Waals surface area (Å²) in [5, 5.41) is 3.94. The lowest BCUT2D eigenvalue weighted by atomic mass is 9.60. The van der Waals surface area contributed by atoms with Crippen molar-refractivity contribution in [3.63, 3.8) is 0 Å². The highest BCUT2D eigenvalue weighted by Crippen LogP contribution is 2.52. The predicted octanol–water partition coefficient (Wildman–Crippen LogP) is 5.83. The molecule has 0 saturated heterocycles. The second-order valence-corrected chi connectivity index (χ2v) is 8.65. The summed E-state index contributed by atoms with van der Waals surface area (Å²) in [5.41, 5.74) is 7.74. The molecular formula is C23H24N2. The number of aryl methyl sites for hydroxylation is 2. The molecule has 126 valence electrons. The normalized spacial score (nSPS) is 17.8. The Hall–Kier alpha value is -2.35. The molecule has 0 spiro atoms. The van der Waals surface area contributed by atoms with Crippen LogP contribution in [-0.4, -0.2) is 9.38 Å². The number of rotatable bonds is 0. The summed E-state index contributed by atoms with van der Waals surface area (Å²) in [6, 6.07) is 13.4. The van der Waals surface area contributed by atoms with Crippen LogP contribution >= 0.6 is 0 Å². The maximum absolute atomic E-state index is 5.08. The van der Waals surface area contributed by atoms with Crippen LogP contribution in [0.5, 0.6) is 0 Å². The van der Waals surface area contributed by atoms with Gasteiger partial charge >= 0.3 is 0 Å². The fraction of sp³-hybridized carbons (Fsp3) is 0.348. The molecule has 0 unspecified atom stereocenters. The minimum atomic E-state index is 0.00808. The van der Waals surface area contributed by atoms with Crippen molar-refractivity contribution in [3.05, 3.63) is 58.9 Å². The average Bonchev–Trinajstić information content (AvgIpc) is 2.91. The van der Waals surface area contributed by atoms with E-state index in [4.69, 9.17) is 4.98 Å². The Morgan fingerprint density at radius 2 is 1.52 bits per heavy atom. The van der Waals surface area contributed by atoms with Crippen molar-refractivity contribution in [1.29, 1.82) is 0 Å². The third-order valence-electron chi connectivity index (χ3n) is 6.93. The second-order valence-electron chi connectivity index (χ2n) is 8.65. The van der Waals surface area contributed by atoms with Gasteiger partial charge in [-0.3, -0.25) is 4.40 Å². The van der Waals surface area contributed by atoms with Crippen molar-refractivity contribution in [3.8, 4) is 0 Å². The van der Waals surface area contributed by atoms with E-state index in [-0.39, 0.29) is 10.8 Å². The molecule has 1 aliphatic heterocycles. The van der Waals surface area contributed by atoms with Crippen LogP contribution in [0.1, 0.15) is 50.2 Å². The summed E-state index contributed by atoms with van der Waals surface area (Å²) in [6.45, 7) is 13.9. The Morgan fingerprint density at radius 1 is 0.840 bits per heavy atom. The number of hydrogen-bond acceptors (Lipinski definition) is 1. The molecule has 0 amide bonds. The maximum atomic E-state index is 5.08. The molecule has 0 aliphatic carbocycles. The molecule has 0 atom stereocenters. The Labute approximate surface area is 148 Å². The quantitative estimate of drug-likeness (QED) is 0.371. The van der Waals surface area contributed by atoms with Gasteiger partial charge in [0.1, 0.15) is 5.65 Å². The smallest absolute Gasteiger partial charge is 0.145 e. The first-order valence-electron chi connectivity index (χ1n) is 9.11. The third-order valence-corrected chi connectivity index (χ3v) is 6.93. The molecule has 0 saturated carbocycles. The van der Waals surface area contributed by atoms with E-state index in [1.54, 1.807) is 0 Å². The van der Waals surface area contributed by atoms with Gasteiger partial charge in [-0.05, 0) is 30.4 Å². The lowest BCUT2D eigenvalue weighted by molar-refractivity contribution is 0.287. The molecule has 2 aromatic carbocycles. The Morgan fingerprint density at radius 3 is 2.28 bits per heavy atom. The molecule has 1 aliphatic rings. The number of aromatic nitrogens is 2. The number of para-hydroxylation sites is 1. The summed E-state index contributed by atoms with van der Waals surface area (Å²) >= 11 is 0. The Kier molecular flexibility index (Phi) is 2.54. The van der Waals surface area contributed by atoms with Gasteiger partial charge in [0.2, 0.25) is 0 Å². The lowest BCUT2D eigenvalue weighted by Gasteiger charge is -2.46. The highest BCUT2D eigenvalue weighted by atomic mass is 15.1. The topological polar surface area (TPSA) is 17.3 Å². The van der Waals surface area contributed by atoms with Crippen LogP contribution in [0, 0.1) is 13.8 Å². The van der Waals surface area contributed by atoms with Crippen LogP contribution in [-0.2, 0) is 10.8 Å². The van der Waals surface area contributed by atoms with E-state index >= 15 is 0 Å². The second kappa shape index (κ2) is 4.24. The van der Waals surface area contributed by atoms with Gasteiger partial charge in [0.15, 0.2) is 0 Å². The van der Waals surface area contributed by atoms with Crippen molar-refractivity contribution in [2.75, 3.05) is 0 Å². The number of pyridine rings is 1. The predicted molar refractivity (Wildman–Crippen MR) is 106 cm³/mol. The van der Waals surface area contributed by atoms with Crippen molar-refractivity contribution >= 4 is 27.3 Å². The fourth-order valence-corrected chi connectivity index (χ4v) is 4.97. The Balaban J connectivity index is 2.25. The van der Waals surface area contributed by atoms with Crippen LogP contribution in [0.2, 0.25) is 0 Å². The molecule has 0 N–H and O–H groups in total. The summed E-state index contributed by atoms with van der Waals surface area (Å²) in [7, 11) is 0. The first kappa shape index (κ1) is 14.9. The minimum Gasteiger partial charge on any atom is -0.295 e. The van der Waals surface area contributed by atoms with Gasteiger partial charge in [-0.15, -0.1) is 0 Å². The van der Waals surface area contributed by atoms with E-state index < -0.39 is 0 Å². The highest BCUT2D eigenvalue weighted by molar-refractivity contribution is 6.14. The summed E-state index contributed by atoms with van der Waals surface area (Å²) in [4.78, 5) is 5.08. The highest BCUT2D eigenvalue weighted by Gasteiger charge is 2.47. The molecule has 4 aromatic rings. The van der Waals surface area contributed by atoms with Gasteiger partial charge in [0.25, 0.3) is 0 Å². The zero-order valence-corrected chi connectivity index (χ0v) is 15.9. The molecule has 0 bridgehead atoms. The number of nitrogens with zero attached hydrogens (tertiary/aromatic N) is 2. The van der Waals surface area contributed by atoms with E-state index in [2.05, 4.69) is 82.3 Å². The van der Waals surface area contributed by atoms with E-state index in [9.17, 15) is 0 Å². The van der Waals surface area contributed by atoms with Crippen molar-refractivity contribution < 1.29 is 0 Å². The van der Waals surface area contributed by atoms with Gasteiger partial charge in [-0.1, -0.05) is 64.1 Å². The molecule has 0 fully saturated rings. The zero-order chi connectivity index (χ0) is 17.7. The molecular weight excluding hydrogens is 304 g/mol. The molecule has 2 heteroatoms. The Bertz CT molecular complexity index is 1210. The van der Waals surface area contributed by atoms with Gasteiger partial charge in [-0.25, -0.2) is 4.98 Å². The molecule has 5 rings (SSSR count). The summed E-state index contributed by atoms with van der Waals surface area (Å²) in [6.07, 6.45) is 0. The maximum Gasteiger partial charge on any atom is 0.145 e. The minimum absolute atomic E-state index is 0.00808. The van der Waals surface area contributed by atoms with Crippen LogP contribution in [0.4, 0.5) is 0 Å². The number of hydrogen-bond donors (Lipinski definition) is 0. The van der Waals surface area contributed by atoms with Crippen molar-refractivity contribution in [2.24, 2.45) is 0 Å². The average molecular weight is 328 g/mol. The summed E-state index contributed by atoms with van der Waals surface area (Å²) < 4.78 is 2.46. The van der Waals surface area contributed by atoms with E-state index in [0.717, 1.165) is 11.3 Å². The first-order chi connectivity index (χ1) is 11.8. The third kappa shape index (κ3) is 1.50. The van der Waals surface area contributed by atoms with Crippen molar-refractivity contribution in [1.82, 2.24) is 9.38 Å². The molecule has 2 aromatic heterocycles. The van der Waals surface area contributed by atoms with E-state index in [1.165, 1.54) is 38.5 Å². The molecule has 0 radical (unpaired) electrons. The molecule has 2 nitrogen and oxygen atoms in total. The van der Waals surface area contributed by atoms with Crippen LogP contribution in [0.15, 0.2) is 36.4 Å². The number of fused-ring (bicyclic) bond motifs is 3. The number of imidazole rings is 1. The molecule has 25 heavy (non-hydrogen) atoms. The van der Waals surface area contributed by atoms with Gasteiger partial charge in [0.05, 0.1) is 16.9 Å². The van der Waals surface area contributed by atoms with Crippen LogP contribution < -0.4 is 0 Å². The summed E-state index contributed by atoms with van der Waals surface area (Å²) in [5.74, 6) is 0. The SMILES string of the molecule is Cc1nc2c3c(C)cccc3c3cccc4c3n2c1C(C)(C)C4(C)C.